The van der Waals surface area contributed by atoms with Crippen molar-refractivity contribution in [2.45, 2.75) is 11.8 Å². The second-order valence-electron chi connectivity index (χ2n) is 6.77. The van der Waals surface area contributed by atoms with Gasteiger partial charge in [-0.25, -0.2) is 17.2 Å². The van der Waals surface area contributed by atoms with E-state index in [0.717, 1.165) is 28.3 Å². The van der Waals surface area contributed by atoms with Crippen LogP contribution in [0.5, 0.6) is 0 Å². The van der Waals surface area contributed by atoms with Crippen molar-refractivity contribution in [3.63, 3.8) is 0 Å². The zero-order chi connectivity index (χ0) is 20.3. The lowest BCUT2D eigenvalue weighted by Gasteiger charge is -2.31. The Morgan fingerprint density at radius 3 is 2.46 bits per heavy atom. The molecule has 1 heterocycles. The Kier molecular flexibility index (Phi) is 6.07. The smallest absolute Gasteiger partial charge is 0.279 e. The maximum atomic E-state index is 13.9. The molecule has 2 aromatic carbocycles. The number of piperazine rings is 1. The van der Waals surface area contributed by atoms with Gasteiger partial charge in [-0.05, 0) is 30.7 Å². The Morgan fingerprint density at radius 1 is 1.14 bits per heavy atom. The topological polar surface area (TPSA) is 70.9 Å². The Bertz CT molecular complexity index is 974. The molecule has 0 aliphatic carbocycles. The van der Waals surface area contributed by atoms with Crippen LogP contribution in [0.25, 0.3) is 0 Å². The second-order valence-corrected chi connectivity index (χ2v) is 8.68. The fourth-order valence-electron chi connectivity index (χ4n) is 3.18. The average molecular weight is 410 g/mol. The summed E-state index contributed by atoms with van der Waals surface area (Å²) in [5.74, 6) is -2.08. The minimum atomic E-state index is -4.04. The van der Waals surface area contributed by atoms with Crippen molar-refractivity contribution < 1.29 is 26.9 Å². The van der Waals surface area contributed by atoms with Crippen molar-refractivity contribution in [1.29, 1.82) is 0 Å². The van der Waals surface area contributed by atoms with Gasteiger partial charge < -0.3 is 10.2 Å². The lowest BCUT2D eigenvalue weighted by atomic mass is 10.2. The number of para-hydroxylation sites is 1. The standard InChI is InChI=1S/C19H21F2N3O3S/c1-14-4-2-3-5-17(14)22-19(25)13-23-8-10-24(11-9-23)28(26,27)18-7-6-15(20)12-16(18)21/h2-7,12H,8-11,13H2,1H3,(H,22,25)/p+1. The van der Waals surface area contributed by atoms with E-state index in [9.17, 15) is 22.0 Å². The molecule has 0 aromatic heterocycles. The van der Waals surface area contributed by atoms with Gasteiger partial charge in [-0.3, -0.25) is 4.79 Å². The number of carbonyl (C=O) groups is 1. The van der Waals surface area contributed by atoms with Gasteiger partial charge in [0.25, 0.3) is 5.91 Å². The minimum Gasteiger partial charge on any atom is -0.325 e. The van der Waals surface area contributed by atoms with Crippen molar-refractivity contribution in [3.05, 3.63) is 59.7 Å². The number of carbonyl (C=O) groups excluding carboxylic acids is 1. The van der Waals surface area contributed by atoms with Crippen LogP contribution in [0.4, 0.5) is 14.5 Å². The zero-order valence-corrected chi connectivity index (χ0v) is 16.2. The quantitative estimate of drug-likeness (QED) is 0.766. The summed E-state index contributed by atoms with van der Waals surface area (Å²) in [7, 11) is -4.04. The highest BCUT2D eigenvalue weighted by Crippen LogP contribution is 2.20. The molecule has 0 bridgehead atoms. The minimum absolute atomic E-state index is 0.148. The predicted octanol–water partition coefficient (Wildman–Crippen LogP) is 0.801. The molecule has 1 saturated heterocycles. The van der Waals surface area contributed by atoms with Crippen molar-refractivity contribution in [1.82, 2.24) is 4.31 Å². The summed E-state index contributed by atoms with van der Waals surface area (Å²) in [6.07, 6.45) is 0. The summed E-state index contributed by atoms with van der Waals surface area (Å²) in [5, 5.41) is 2.86. The number of anilines is 1. The van der Waals surface area contributed by atoms with Gasteiger partial charge in [-0.1, -0.05) is 18.2 Å². The van der Waals surface area contributed by atoms with Gasteiger partial charge in [0.1, 0.15) is 16.5 Å². The van der Waals surface area contributed by atoms with Crippen molar-refractivity contribution in [2.75, 3.05) is 38.0 Å². The number of hydrogen-bond donors (Lipinski definition) is 2. The van der Waals surface area contributed by atoms with E-state index in [1.54, 1.807) is 0 Å². The maximum absolute atomic E-state index is 13.9. The molecule has 2 aromatic rings. The molecule has 6 nitrogen and oxygen atoms in total. The third-order valence-corrected chi connectivity index (χ3v) is 6.70. The summed E-state index contributed by atoms with van der Waals surface area (Å²) < 4.78 is 53.3. The Labute approximate surface area is 162 Å². The molecule has 1 fully saturated rings. The van der Waals surface area contributed by atoms with Crippen LogP contribution in [0.15, 0.2) is 47.4 Å². The number of amides is 1. The van der Waals surface area contributed by atoms with Crippen molar-refractivity contribution in [3.8, 4) is 0 Å². The molecule has 1 aliphatic heterocycles. The van der Waals surface area contributed by atoms with Crippen LogP contribution in [-0.4, -0.2) is 51.4 Å². The van der Waals surface area contributed by atoms with Gasteiger partial charge in [0.05, 0.1) is 26.2 Å². The third kappa shape index (κ3) is 4.54. The van der Waals surface area contributed by atoms with Crippen LogP contribution >= 0.6 is 0 Å². The number of rotatable bonds is 5. The van der Waals surface area contributed by atoms with E-state index in [1.165, 1.54) is 4.31 Å². The molecular formula is C19H22F2N3O3S+. The lowest BCUT2D eigenvalue weighted by molar-refractivity contribution is -0.895. The molecule has 9 heteroatoms. The third-order valence-electron chi connectivity index (χ3n) is 4.77. The van der Waals surface area contributed by atoms with E-state index in [0.29, 0.717) is 19.2 Å². The fourth-order valence-corrected chi connectivity index (χ4v) is 4.66. The highest BCUT2D eigenvalue weighted by atomic mass is 32.2. The molecule has 0 saturated carbocycles. The molecule has 0 atom stereocenters. The molecule has 3 rings (SSSR count). The monoisotopic (exact) mass is 410 g/mol. The van der Waals surface area contributed by atoms with Crippen LogP contribution in [0.3, 0.4) is 0 Å². The Hall–Kier alpha value is -2.36. The summed E-state index contributed by atoms with van der Waals surface area (Å²) in [4.78, 5) is 12.7. The van der Waals surface area contributed by atoms with Crippen LogP contribution in [0.2, 0.25) is 0 Å². The number of benzene rings is 2. The zero-order valence-electron chi connectivity index (χ0n) is 15.4. The number of nitrogens with one attached hydrogen (secondary N) is 2. The van der Waals surface area contributed by atoms with Crippen LogP contribution in [0, 0.1) is 18.6 Å². The van der Waals surface area contributed by atoms with Crippen molar-refractivity contribution in [2.24, 2.45) is 0 Å². The van der Waals surface area contributed by atoms with Crippen molar-refractivity contribution >= 4 is 21.6 Å². The highest BCUT2D eigenvalue weighted by molar-refractivity contribution is 7.89. The van der Waals surface area contributed by atoms with Gasteiger partial charge in [0, 0.05) is 11.8 Å². The van der Waals surface area contributed by atoms with Crippen LogP contribution in [0.1, 0.15) is 5.56 Å². The van der Waals surface area contributed by atoms with Gasteiger partial charge in [-0.2, -0.15) is 4.31 Å². The number of hydrogen-bond acceptors (Lipinski definition) is 3. The molecule has 150 valence electrons. The summed E-state index contributed by atoms with van der Waals surface area (Å²) >= 11 is 0. The van der Waals surface area contributed by atoms with Crippen LogP contribution in [-0.2, 0) is 14.8 Å². The van der Waals surface area contributed by atoms with Gasteiger partial charge in [-0.15, -0.1) is 0 Å². The average Bonchev–Trinajstić information content (AvgIpc) is 2.64. The number of halogens is 2. The SMILES string of the molecule is Cc1ccccc1NC(=O)C[NH+]1CCN(S(=O)(=O)c2ccc(F)cc2F)CC1. The molecule has 1 amide bonds. The van der Waals surface area contributed by atoms with E-state index in [-0.39, 0.29) is 25.5 Å². The number of nitrogens with zero attached hydrogens (tertiary/aromatic N) is 1. The molecule has 0 unspecified atom stereocenters. The van der Waals surface area contributed by atoms with Gasteiger partial charge in [0.2, 0.25) is 10.0 Å². The molecule has 0 radical (unpaired) electrons. The Balaban J connectivity index is 1.58. The highest BCUT2D eigenvalue weighted by Gasteiger charge is 2.33. The first-order chi connectivity index (χ1) is 13.3. The normalized spacial score (nSPS) is 16.1. The molecule has 0 spiro atoms. The summed E-state index contributed by atoms with van der Waals surface area (Å²) in [5.41, 5.74) is 1.71. The Morgan fingerprint density at radius 2 is 1.82 bits per heavy atom. The lowest BCUT2D eigenvalue weighted by Crippen LogP contribution is -3.15. The van der Waals surface area contributed by atoms with E-state index in [2.05, 4.69) is 5.32 Å². The van der Waals surface area contributed by atoms with Crippen LogP contribution < -0.4 is 10.2 Å². The number of aryl methyl sites for hydroxylation is 1. The van der Waals surface area contributed by atoms with E-state index >= 15 is 0 Å². The van der Waals surface area contributed by atoms with Gasteiger partial charge in [0.15, 0.2) is 6.54 Å². The predicted molar refractivity (Wildman–Crippen MR) is 100 cm³/mol. The largest absolute Gasteiger partial charge is 0.325 e. The second kappa shape index (κ2) is 8.34. The van der Waals surface area contributed by atoms with E-state index in [1.807, 2.05) is 31.2 Å². The molecule has 2 N–H and O–H groups in total. The van der Waals surface area contributed by atoms with Gasteiger partial charge >= 0.3 is 0 Å². The fraction of sp³-hybridized carbons (Fsp3) is 0.316. The van der Waals surface area contributed by atoms with E-state index < -0.39 is 26.6 Å². The number of sulfonamides is 1. The number of quaternary nitrogens is 1. The molecule has 1 aliphatic rings. The summed E-state index contributed by atoms with van der Waals surface area (Å²) in [6.45, 7) is 3.28. The first kappa shape index (κ1) is 20.4. The maximum Gasteiger partial charge on any atom is 0.279 e. The first-order valence-electron chi connectivity index (χ1n) is 8.91. The summed E-state index contributed by atoms with van der Waals surface area (Å²) in [6, 6.07) is 9.88. The van der Waals surface area contributed by atoms with E-state index in [4.69, 9.17) is 0 Å². The molecule has 28 heavy (non-hydrogen) atoms. The molecular weight excluding hydrogens is 388 g/mol. The first-order valence-corrected chi connectivity index (χ1v) is 10.4.